The molecule has 0 unspecified atom stereocenters. The summed E-state index contributed by atoms with van der Waals surface area (Å²) in [6.45, 7) is 1.86. The van der Waals surface area contributed by atoms with Crippen LogP contribution in [0.5, 0.6) is 0 Å². The summed E-state index contributed by atoms with van der Waals surface area (Å²) in [6.07, 6.45) is 0. The van der Waals surface area contributed by atoms with Crippen molar-refractivity contribution in [1.82, 2.24) is 4.68 Å². The molecule has 0 aliphatic rings. The number of aryl methyl sites for hydroxylation is 1. The minimum absolute atomic E-state index is 0.0309. The van der Waals surface area contributed by atoms with Crippen LogP contribution < -0.4 is 10.6 Å². The average molecular weight is 364 g/mol. The molecule has 0 spiro atoms. The first-order valence-electron chi connectivity index (χ1n) is 6.98. The molecule has 2 aromatic carbocycles. The smallest absolute Gasteiger partial charge is 0.267 e. The molecule has 0 aliphatic heterocycles. The van der Waals surface area contributed by atoms with Crippen molar-refractivity contribution in [1.29, 1.82) is 0 Å². The quantitative estimate of drug-likeness (QED) is 0.748. The number of hydrogen-bond donors (Lipinski definition) is 2. The van der Waals surface area contributed by atoms with Crippen LogP contribution in [-0.2, 0) is 10.0 Å². The molecular formula is C16H14ClN3O3S. The Hall–Kier alpha value is -2.35. The van der Waals surface area contributed by atoms with E-state index < -0.39 is 15.9 Å². The second-order valence-electron chi connectivity index (χ2n) is 5.31. The minimum Gasteiger partial charge on any atom is -0.267 e. The van der Waals surface area contributed by atoms with E-state index in [0.29, 0.717) is 0 Å². The number of aromatic nitrogens is 1. The van der Waals surface area contributed by atoms with Crippen LogP contribution in [0.1, 0.15) is 16.1 Å². The Labute approximate surface area is 143 Å². The van der Waals surface area contributed by atoms with Gasteiger partial charge in [0, 0.05) is 16.6 Å². The topological polar surface area (TPSA) is 94.2 Å². The van der Waals surface area contributed by atoms with Gasteiger partial charge in [-0.2, -0.15) is 0 Å². The molecule has 3 rings (SSSR count). The number of benzene rings is 2. The molecule has 3 N–H and O–H groups in total. The molecule has 8 heteroatoms. The van der Waals surface area contributed by atoms with E-state index in [2.05, 4.69) is 5.43 Å². The highest BCUT2D eigenvalue weighted by atomic mass is 35.5. The molecule has 0 saturated carbocycles. The first-order chi connectivity index (χ1) is 11.3. The van der Waals surface area contributed by atoms with Crippen molar-refractivity contribution in [2.45, 2.75) is 11.8 Å². The zero-order chi connectivity index (χ0) is 17.5. The number of primary sulfonamides is 1. The van der Waals surface area contributed by atoms with Crippen LogP contribution in [0.4, 0.5) is 0 Å². The zero-order valence-electron chi connectivity index (χ0n) is 12.7. The lowest BCUT2D eigenvalue weighted by Crippen LogP contribution is -2.24. The zero-order valence-corrected chi connectivity index (χ0v) is 14.2. The minimum atomic E-state index is -4.01. The number of nitrogens with zero attached hydrogens (tertiary/aromatic N) is 1. The lowest BCUT2D eigenvalue weighted by molar-refractivity contribution is 0.101. The van der Waals surface area contributed by atoms with Crippen LogP contribution in [0.15, 0.2) is 53.4 Å². The Morgan fingerprint density at radius 2 is 1.88 bits per heavy atom. The number of amides is 1. The number of nitrogens with two attached hydrogens (primary N) is 1. The number of para-hydroxylation sites is 1. The largest absolute Gasteiger partial charge is 0.270 e. The fourth-order valence-electron chi connectivity index (χ4n) is 2.47. The van der Waals surface area contributed by atoms with E-state index in [1.54, 1.807) is 4.68 Å². The molecule has 1 aromatic heterocycles. The lowest BCUT2D eigenvalue weighted by atomic mass is 10.2. The highest BCUT2D eigenvalue weighted by Crippen LogP contribution is 2.22. The summed E-state index contributed by atoms with van der Waals surface area (Å²) >= 11 is 5.84. The molecule has 24 heavy (non-hydrogen) atoms. The van der Waals surface area contributed by atoms with E-state index in [9.17, 15) is 13.2 Å². The number of nitrogens with one attached hydrogen (secondary N) is 1. The van der Waals surface area contributed by atoms with Gasteiger partial charge in [0.25, 0.3) is 5.91 Å². The van der Waals surface area contributed by atoms with Crippen LogP contribution in [0.25, 0.3) is 10.9 Å². The van der Waals surface area contributed by atoms with Crippen LogP contribution in [0, 0.1) is 6.92 Å². The average Bonchev–Trinajstić information content (AvgIpc) is 2.82. The second-order valence-corrected chi connectivity index (χ2v) is 7.25. The first-order valence-corrected chi connectivity index (χ1v) is 8.90. The van der Waals surface area contributed by atoms with Gasteiger partial charge in [-0.1, -0.05) is 29.8 Å². The summed E-state index contributed by atoms with van der Waals surface area (Å²) in [5.74, 6) is -0.471. The molecule has 1 heterocycles. The van der Waals surface area contributed by atoms with Crippen LogP contribution >= 0.6 is 11.6 Å². The van der Waals surface area contributed by atoms with Crippen molar-refractivity contribution in [3.63, 3.8) is 0 Å². The molecule has 0 saturated heterocycles. The van der Waals surface area contributed by atoms with E-state index in [1.807, 2.05) is 37.3 Å². The highest BCUT2D eigenvalue weighted by Gasteiger charge is 2.17. The number of halogens is 1. The van der Waals surface area contributed by atoms with Gasteiger partial charge in [-0.15, -0.1) is 0 Å². The number of sulfonamides is 1. The van der Waals surface area contributed by atoms with Crippen LogP contribution in [0.3, 0.4) is 0 Å². The summed E-state index contributed by atoms with van der Waals surface area (Å²) in [4.78, 5) is 12.2. The standard InChI is InChI=1S/C16H14ClN3O3S/c1-10-8-11-4-2-3-5-14(11)20(10)19-16(21)12-6-7-13(17)15(9-12)24(18,22)23/h2-9H,1H3,(H,19,21)(H2,18,22,23). The predicted octanol–water partition coefficient (Wildman–Crippen LogP) is 2.63. The molecule has 0 radical (unpaired) electrons. The van der Waals surface area contributed by atoms with Gasteiger partial charge in [0.15, 0.2) is 0 Å². The highest BCUT2D eigenvalue weighted by molar-refractivity contribution is 7.89. The van der Waals surface area contributed by atoms with Gasteiger partial charge in [0.05, 0.1) is 10.5 Å². The maximum absolute atomic E-state index is 12.5. The normalized spacial score (nSPS) is 11.6. The third-order valence-corrected chi connectivity index (χ3v) is 5.00. The number of carbonyl (C=O) groups is 1. The van der Waals surface area contributed by atoms with E-state index in [0.717, 1.165) is 22.7 Å². The van der Waals surface area contributed by atoms with Crippen molar-refractivity contribution < 1.29 is 13.2 Å². The Morgan fingerprint density at radius 1 is 1.17 bits per heavy atom. The van der Waals surface area contributed by atoms with E-state index >= 15 is 0 Å². The monoisotopic (exact) mass is 363 g/mol. The molecule has 0 bridgehead atoms. The van der Waals surface area contributed by atoms with Gasteiger partial charge in [-0.05, 0) is 37.3 Å². The van der Waals surface area contributed by atoms with Crippen molar-refractivity contribution >= 4 is 38.4 Å². The fraction of sp³-hybridized carbons (Fsp3) is 0.0625. The van der Waals surface area contributed by atoms with Gasteiger partial charge in [0.1, 0.15) is 4.90 Å². The first kappa shape index (κ1) is 16.5. The lowest BCUT2D eigenvalue weighted by Gasteiger charge is -2.11. The Bertz CT molecular complexity index is 1060. The van der Waals surface area contributed by atoms with Gasteiger partial charge in [-0.3, -0.25) is 14.9 Å². The summed E-state index contributed by atoms with van der Waals surface area (Å²) in [7, 11) is -4.01. The van der Waals surface area contributed by atoms with Crippen molar-refractivity contribution in [2.75, 3.05) is 5.43 Å². The fourth-order valence-corrected chi connectivity index (χ4v) is 3.54. The predicted molar refractivity (Wildman–Crippen MR) is 93.2 cm³/mol. The Kier molecular flexibility index (Phi) is 4.08. The van der Waals surface area contributed by atoms with Gasteiger partial charge < -0.3 is 0 Å². The second kappa shape index (κ2) is 5.94. The molecule has 124 valence electrons. The summed E-state index contributed by atoms with van der Waals surface area (Å²) < 4.78 is 24.7. The maximum atomic E-state index is 12.5. The molecule has 3 aromatic rings. The molecule has 0 atom stereocenters. The number of carbonyl (C=O) groups excluding carboxylic acids is 1. The number of fused-ring (bicyclic) bond motifs is 1. The van der Waals surface area contributed by atoms with Crippen molar-refractivity contribution in [3.8, 4) is 0 Å². The summed E-state index contributed by atoms with van der Waals surface area (Å²) in [5.41, 5.74) is 4.56. The number of rotatable bonds is 3. The summed E-state index contributed by atoms with van der Waals surface area (Å²) in [5, 5.41) is 6.06. The third kappa shape index (κ3) is 3.01. The van der Waals surface area contributed by atoms with Crippen LogP contribution in [0.2, 0.25) is 5.02 Å². The van der Waals surface area contributed by atoms with Crippen molar-refractivity contribution in [3.05, 3.63) is 64.8 Å². The number of hydrogen-bond acceptors (Lipinski definition) is 3. The Morgan fingerprint density at radius 3 is 2.58 bits per heavy atom. The molecule has 0 aliphatic carbocycles. The van der Waals surface area contributed by atoms with E-state index in [-0.39, 0.29) is 15.5 Å². The molecule has 6 nitrogen and oxygen atoms in total. The molecule has 1 amide bonds. The van der Waals surface area contributed by atoms with Gasteiger partial charge in [0.2, 0.25) is 10.0 Å². The van der Waals surface area contributed by atoms with Crippen molar-refractivity contribution in [2.24, 2.45) is 5.14 Å². The molecule has 0 fully saturated rings. The van der Waals surface area contributed by atoms with Gasteiger partial charge >= 0.3 is 0 Å². The summed E-state index contributed by atoms with van der Waals surface area (Å²) in [6, 6.07) is 13.5. The third-order valence-electron chi connectivity index (χ3n) is 3.61. The Balaban J connectivity index is 2.00. The van der Waals surface area contributed by atoms with Gasteiger partial charge in [-0.25, -0.2) is 13.6 Å². The SMILES string of the molecule is Cc1cc2ccccc2n1NC(=O)c1ccc(Cl)c(S(N)(=O)=O)c1. The van der Waals surface area contributed by atoms with E-state index in [1.165, 1.54) is 12.1 Å². The maximum Gasteiger partial charge on any atom is 0.270 e. The van der Waals surface area contributed by atoms with E-state index in [4.69, 9.17) is 16.7 Å². The molecular weight excluding hydrogens is 350 g/mol. The van der Waals surface area contributed by atoms with Crippen LogP contribution in [-0.4, -0.2) is 19.0 Å².